The Morgan fingerprint density at radius 2 is 1.86 bits per heavy atom. The van der Waals surface area contributed by atoms with E-state index in [9.17, 15) is 9.59 Å². The number of carbonyl (C=O) groups is 2. The molecule has 0 atom stereocenters. The number of ether oxygens (including phenoxy) is 1. The first-order valence-electron chi connectivity index (χ1n) is 14.2. The van der Waals surface area contributed by atoms with Crippen LogP contribution in [0.4, 0.5) is 22.7 Å². The number of carbonyl (C=O) groups excluding carboxylic acids is 2. The maximum atomic E-state index is 14.1. The third kappa shape index (κ3) is 7.35. The number of amidine groups is 1. The fourth-order valence-corrected chi connectivity index (χ4v) is 7.12. The summed E-state index contributed by atoms with van der Waals surface area (Å²) in [5, 5.41) is 7.71. The third-order valence-corrected chi connectivity index (χ3v) is 9.30. The molecule has 44 heavy (non-hydrogen) atoms. The number of nitrogens with one attached hydrogen (secondary N) is 2. The fourth-order valence-electron chi connectivity index (χ4n) is 4.73. The minimum absolute atomic E-state index is 0.112. The van der Waals surface area contributed by atoms with E-state index in [2.05, 4.69) is 10.6 Å². The van der Waals surface area contributed by atoms with Crippen molar-refractivity contribution in [2.75, 3.05) is 62.3 Å². The van der Waals surface area contributed by atoms with Crippen molar-refractivity contribution in [1.29, 1.82) is 0 Å². The first-order valence-corrected chi connectivity index (χ1v) is 16.4. The van der Waals surface area contributed by atoms with E-state index in [1.165, 1.54) is 11.8 Å². The lowest BCUT2D eigenvalue weighted by atomic mass is 10.2. The van der Waals surface area contributed by atoms with Crippen LogP contribution >= 0.6 is 35.1 Å². The summed E-state index contributed by atoms with van der Waals surface area (Å²) < 4.78 is 5.74. The van der Waals surface area contributed by atoms with E-state index in [0.717, 1.165) is 32.6 Å². The number of thioether (sulfide) groups is 2. The van der Waals surface area contributed by atoms with E-state index in [-0.39, 0.29) is 18.4 Å². The molecule has 0 aromatic heterocycles. The monoisotopic (exact) mass is 650 g/mol. The van der Waals surface area contributed by atoms with Gasteiger partial charge in [0.15, 0.2) is 5.17 Å². The van der Waals surface area contributed by atoms with E-state index in [1.54, 1.807) is 16.7 Å². The Labute approximate surface area is 271 Å². The highest BCUT2D eigenvalue weighted by atomic mass is 35.5. The lowest BCUT2D eigenvalue weighted by Gasteiger charge is -2.18. The van der Waals surface area contributed by atoms with E-state index >= 15 is 0 Å². The number of fused-ring (bicyclic) bond motifs is 1. The zero-order chi connectivity index (χ0) is 31.2. The van der Waals surface area contributed by atoms with Crippen molar-refractivity contribution >= 4 is 74.9 Å². The summed E-state index contributed by atoms with van der Waals surface area (Å²) in [4.78, 5) is 38.9. The van der Waals surface area contributed by atoms with Gasteiger partial charge in [0.05, 0.1) is 41.1 Å². The van der Waals surface area contributed by atoms with Crippen molar-refractivity contribution in [3.63, 3.8) is 0 Å². The van der Waals surface area contributed by atoms with E-state index in [4.69, 9.17) is 21.3 Å². The molecule has 2 aliphatic heterocycles. The normalized spacial score (nSPS) is 17.0. The standard InChI is InChI=1S/C32H35ClN6O3S2/c1-5-34-24-13-11-22(35-28(40)20-37(2)3)17-25(24)36-32-39(19-21-9-7-6-8-10-21)30(41)29(44-32)31-38(4)26-18-23(42-16-15-33)12-14-27(26)43-31/h6-14,17-18,34H,5,15-16,19-20H2,1-4H3,(H,35,40)/b31-29-,36-32+. The molecular formula is C32H35ClN6O3S2. The molecule has 3 aromatic rings. The highest BCUT2D eigenvalue weighted by Crippen LogP contribution is 2.51. The second-order valence-electron chi connectivity index (χ2n) is 10.4. The molecule has 1 saturated heterocycles. The molecule has 2 aliphatic rings. The Hall–Kier alpha value is -3.64. The third-order valence-electron chi connectivity index (χ3n) is 6.71. The average molecular weight is 651 g/mol. The molecule has 2 heterocycles. The molecule has 0 radical (unpaired) electrons. The number of anilines is 3. The molecule has 0 aliphatic carbocycles. The van der Waals surface area contributed by atoms with Gasteiger partial charge in [-0.1, -0.05) is 42.1 Å². The molecule has 5 rings (SSSR count). The lowest BCUT2D eigenvalue weighted by molar-refractivity contribution is -0.122. The molecule has 3 aromatic carbocycles. The number of rotatable bonds is 11. The summed E-state index contributed by atoms with van der Waals surface area (Å²) in [6.45, 7) is 3.76. The highest BCUT2D eigenvalue weighted by molar-refractivity contribution is 8.19. The number of benzene rings is 3. The first-order chi connectivity index (χ1) is 21.3. The van der Waals surface area contributed by atoms with Gasteiger partial charge in [0.25, 0.3) is 5.91 Å². The minimum Gasteiger partial charge on any atom is -0.492 e. The Balaban J connectivity index is 1.53. The number of hydrogen-bond acceptors (Lipinski definition) is 9. The summed E-state index contributed by atoms with van der Waals surface area (Å²) in [5.74, 6) is 0.904. The molecule has 0 unspecified atom stereocenters. The quantitative estimate of drug-likeness (QED) is 0.182. The summed E-state index contributed by atoms with van der Waals surface area (Å²) in [7, 11) is 5.65. The maximum Gasteiger partial charge on any atom is 0.269 e. The van der Waals surface area contributed by atoms with Crippen LogP contribution in [-0.2, 0) is 16.1 Å². The number of halogens is 1. The van der Waals surface area contributed by atoms with Crippen molar-refractivity contribution in [2.24, 2.45) is 4.99 Å². The predicted molar refractivity (Wildman–Crippen MR) is 183 cm³/mol. The molecule has 230 valence electrons. The van der Waals surface area contributed by atoms with Gasteiger partial charge in [-0.15, -0.1) is 11.6 Å². The molecule has 0 spiro atoms. The van der Waals surface area contributed by atoms with Crippen LogP contribution in [0.5, 0.6) is 5.75 Å². The van der Waals surface area contributed by atoms with Crippen molar-refractivity contribution in [2.45, 2.75) is 18.4 Å². The number of nitrogens with zero attached hydrogens (tertiary/aromatic N) is 4. The van der Waals surface area contributed by atoms with Gasteiger partial charge in [-0.25, -0.2) is 4.99 Å². The molecule has 2 N–H and O–H groups in total. The van der Waals surface area contributed by atoms with Crippen LogP contribution < -0.4 is 20.3 Å². The van der Waals surface area contributed by atoms with Crippen LogP contribution in [0.25, 0.3) is 0 Å². The zero-order valence-corrected chi connectivity index (χ0v) is 27.5. The molecule has 2 amide bonds. The number of alkyl halides is 1. The molecule has 1 fully saturated rings. The van der Waals surface area contributed by atoms with Crippen molar-refractivity contribution < 1.29 is 14.3 Å². The Morgan fingerprint density at radius 1 is 1.07 bits per heavy atom. The number of amides is 2. The molecule has 9 nitrogen and oxygen atoms in total. The van der Waals surface area contributed by atoms with Gasteiger partial charge in [-0.3, -0.25) is 14.5 Å². The van der Waals surface area contributed by atoms with E-state index in [1.807, 2.05) is 105 Å². The summed E-state index contributed by atoms with van der Waals surface area (Å²) in [6, 6.07) is 21.4. The smallest absolute Gasteiger partial charge is 0.269 e. The summed E-state index contributed by atoms with van der Waals surface area (Å²) in [6.07, 6.45) is 0. The van der Waals surface area contributed by atoms with Crippen LogP contribution in [0.15, 0.2) is 86.6 Å². The second kappa shape index (κ2) is 14.4. The largest absolute Gasteiger partial charge is 0.492 e. The SMILES string of the molecule is CCNc1ccc(NC(=O)CN(C)C)cc1/N=C1/S/C(=C2\Sc3ccc(OCCCl)cc3N2C)C(=O)N1Cc1ccccc1. The Bertz CT molecular complexity index is 1600. The Kier molecular flexibility index (Phi) is 10.4. The summed E-state index contributed by atoms with van der Waals surface area (Å²) in [5.41, 5.74) is 4.03. The first kappa shape index (κ1) is 31.8. The van der Waals surface area contributed by atoms with Crippen molar-refractivity contribution in [3.8, 4) is 5.75 Å². The molecule has 0 bridgehead atoms. The second-order valence-corrected chi connectivity index (χ2v) is 12.8. The predicted octanol–water partition coefficient (Wildman–Crippen LogP) is 6.41. The van der Waals surface area contributed by atoms with Crippen LogP contribution in [0, 0.1) is 0 Å². The molecule has 12 heteroatoms. The zero-order valence-electron chi connectivity index (χ0n) is 25.1. The molecule has 0 saturated carbocycles. The van der Waals surface area contributed by atoms with Crippen molar-refractivity contribution in [1.82, 2.24) is 9.80 Å². The van der Waals surface area contributed by atoms with Gasteiger partial charge in [-0.05, 0) is 68.7 Å². The van der Waals surface area contributed by atoms with Crippen molar-refractivity contribution in [3.05, 3.63) is 82.2 Å². The lowest BCUT2D eigenvalue weighted by Crippen LogP contribution is -2.29. The van der Waals surface area contributed by atoms with Gasteiger partial charge < -0.3 is 25.2 Å². The van der Waals surface area contributed by atoms with Gasteiger partial charge >= 0.3 is 0 Å². The fraction of sp³-hybridized carbons (Fsp3) is 0.281. The maximum absolute atomic E-state index is 14.1. The van der Waals surface area contributed by atoms with Crippen LogP contribution in [0.3, 0.4) is 0 Å². The minimum atomic E-state index is -0.120. The Morgan fingerprint density at radius 3 is 2.59 bits per heavy atom. The van der Waals surface area contributed by atoms with E-state index in [0.29, 0.717) is 47.0 Å². The van der Waals surface area contributed by atoms with Gasteiger partial charge in [0.2, 0.25) is 5.91 Å². The molecular weight excluding hydrogens is 616 g/mol. The van der Waals surface area contributed by atoms with Gasteiger partial charge in [0.1, 0.15) is 17.3 Å². The highest BCUT2D eigenvalue weighted by Gasteiger charge is 2.39. The summed E-state index contributed by atoms with van der Waals surface area (Å²) >= 11 is 8.73. The number of aliphatic imine (C=N–C) groups is 1. The van der Waals surface area contributed by atoms with Gasteiger partial charge in [0, 0.05) is 30.2 Å². The average Bonchev–Trinajstić information content (AvgIpc) is 3.48. The van der Waals surface area contributed by atoms with E-state index < -0.39 is 0 Å². The number of likely N-dealkylation sites (N-methyl/N-ethyl adjacent to an activating group) is 1. The van der Waals surface area contributed by atoms with Crippen LogP contribution in [-0.4, -0.2) is 73.5 Å². The van der Waals surface area contributed by atoms with Crippen LogP contribution in [0.1, 0.15) is 12.5 Å². The van der Waals surface area contributed by atoms with Crippen LogP contribution in [0.2, 0.25) is 0 Å². The number of hydrogen-bond donors (Lipinski definition) is 2. The van der Waals surface area contributed by atoms with Gasteiger partial charge in [-0.2, -0.15) is 0 Å². The topological polar surface area (TPSA) is 89.5 Å².